The van der Waals surface area contributed by atoms with Gasteiger partial charge >= 0.3 is 0 Å². The highest BCUT2D eigenvalue weighted by Gasteiger charge is 2.38. The second-order valence-electron chi connectivity index (χ2n) is 9.94. The van der Waals surface area contributed by atoms with Crippen LogP contribution in [0.4, 0.5) is 14.6 Å². The van der Waals surface area contributed by atoms with Crippen molar-refractivity contribution in [3.63, 3.8) is 0 Å². The summed E-state index contributed by atoms with van der Waals surface area (Å²) >= 11 is 8.12. The predicted octanol–water partition coefficient (Wildman–Crippen LogP) is 6.96. The number of thioether (sulfide) groups is 1. The molecule has 6 rings (SSSR count). The fourth-order valence-corrected chi connectivity index (χ4v) is 6.57. The van der Waals surface area contributed by atoms with Gasteiger partial charge in [-0.1, -0.05) is 72.3 Å². The normalized spacial score (nSPS) is 14.7. The molecule has 0 radical (unpaired) electrons. The summed E-state index contributed by atoms with van der Waals surface area (Å²) in [6.45, 7) is -0.124. The molecule has 0 saturated carbocycles. The minimum atomic E-state index is -0.414. The Morgan fingerprint density at radius 2 is 1.56 bits per heavy atom. The number of carbonyl (C=O) groups is 2. The summed E-state index contributed by atoms with van der Waals surface area (Å²) in [7, 11) is 0. The summed E-state index contributed by atoms with van der Waals surface area (Å²) in [6, 6.07) is 28.7. The summed E-state index contributed by atoms with van der Waals surface area (Å²) < 4.78 is 28.9. The first-order chi connectivity index (χ1) is 20.9. The Bertz CT molecular complexity index is 1780. The lowest BCUT2D eigenvalue weighted by Crippen LogP contribution is -2.42. The Morgan fingerprint density at radius 1 is 0.907 bits per heavy atom. The highest BCUT2D eigenvalue weighted by Crippen LogP contribution is 2.49. The minimum absolute atomic E-state index is 0.0768. The summed E-state index contributed by atoms with van der Waals surface area (Å²) in [4.78, 5) is 28.6. The molecule has 10 heteroatoms. The van der Waals surface area contributed by atoms with E-state index in [9.17, 15) is 18.4 Å². The van der Waals surface area contributed by atoms with E-state index in [1.165, 1.54) is 40.9 Å². The number of hydrogen-bond donors (Lipinski definition) is 1. The van der Waals surface area contributed by atoms with Crippen LogP contribution in [0.25, 0.3) is 16.9 Å². The van der Waals surface area contributed by atoms with Crippen molar-refractivity contribution in [3.8, 4) is 16.9 Å². The molecule has 2 amide bonds. The molecule has 216 valence electrons. The Kier molecular flexibility index (Phi) is 8.26. The van der Waals surface area contributed by atoms with Crippen molar-refractivity contribution in [2.75, 3.05) is 17.2 Å². The van der Waals surface area contributed by atoms with Gasteiger partial charge in [0, 0.05) is 22.7 Å². The molecule has 5 aromatic rings. The molecule has 2 heterocycles. The number of benzene rings is 4. The standard InChI is InChI=1S/C33H25ClF2N4O2S/c34-27-9-5-4-8-26(27)32-30-31(22-6-2-1-3-7-22)38-40(25-16-14-24(36)15-17-25)33(30)39(29(42)20-43-32)19-28(41)37-18-21-10-12-23(35)13-11-21/h1-17,32H,18-20H2,(H,37,41). The van der Waals surface area contributed by atoms with E-state index in [4.69, 9.17) is 16.7 Å². The van der Waals surface area contributed by atoms with Gasteiger partial charge in [0.2, 0.25) is 11.8 Å². The molecule has 1 aliphatic heterocycles. The van der Waals surface area contributed by atoms with Crippen molar-refractivity contribution in [1.82, 2.24) is 15.1 Å². The second-order valence-corrected chi connectivity index (χ2v) is 11.4. The van der Waals surface area contributed by atoms with Gasteiger partial charge in [0.1, 0.15) is 24.0 Å². The Balaban J connectivity index is 1.50. The van der Waals surface area contributed by atoms with Crippen molar-refractivity contribution in [2.45, 2.75) is 11.8 Å². The molecule has 0 saturated heterocycles. The van der Waals surface area contributed by atoms with Crippen LogP contribution in [-0.4, -0.2) is 33.9 Å². The van der Waals surface area contributed by atoms with E-state index in [0.29, 0.717) is 27.8 Å². The lowest BCUT2D eigenvalue weighted by molar-refractivity contribution is -0.123. The number of hydrogen-bond acceptors (Lipinski definition) is 4. The van der Waals surface area contributed by atoms with Crippen LogP contribution < -0.4 is 10.2 Å². The maximum absolute atomic E-state index is 14.0. The fourth-order valence-electron chi connectivity index (χ4n) is 5.03. The van der Waals surface area contributed by atoms with Crippen molar-refractivity contribution >= 4 is 41.0 Å². The van der Waals surface area contributed by atoms with E-state index in [1.807, 2.05) is 48.5 Å². The molecule has 0 bridgehead atoms. The first-order valence-electron chi connectivity index (χ1n) is 13.5. The van der Waals surface area contributed by atoms with Crippen LogP contribution in [0.2, 0.25) is 5.02 Å². The van der Waals surface area contributed by atoms with Crippen LogP contribution in [-0.2, 0) is 16.1 Å². The average Bonchev–Trinajstić information content (AvgIpc) is 3.35. The third-order valence-corrected chi connectivity index (χ3v) is 8.68. The number of halogens is 3. The molecular formula is C33H25ClF2N4O2S. The molecule has 1 aromatic heterocycles. The second kappa shape index (κ2) is 12.4. The molecule has 6 nitrogen and oxygen atoms in total. The van der Waals surface area contributed by atoms with Gasteiger partial charge in [0.05, 0.1) is 22.4 Å². The SMILES string of the molecule is O=C(CN1C(=O)CSC(c2ccccc2Cl)c2c(-c3ccccc3)nn(-c3ccc(F)cc3)c21)NCc1ccc(F)cc1. The van der Waals surface area contributed by atoms with Crippen LogP contribution in [0.3, 0.4) is 0 Å². The van der Waals surface area contributed by atoms with Crippen LogP contribution in [0.5, 0.6) is 0 Å². The van der Waals surface area contributed by atoms with Crippen molar-refractivity contribution in [1.29, 1.82) is 0 Å². The van der Waals surface area contributed by atoms with E-state index >= 15 is 0 Å². The molecule has 0 fully saturated rings. The topological polar surface area (TPSA) is 67.2 Å². The van der Waals surface area contributed by atoms with Gasteiger partial charge < -0.3 is 5.32 Å². The van der Waals surface area contributed by atoms with E-state index in [0.717, 1.165) is 16.7 Å². The number of nitrogens with zero attached hydrogens (tertiary/aromatic N) is 3. The molecule has 1 atom stereocenters. The van der Waals surface area contributed by atoms with Crippen LogP contribution in [0.1, 0.15) is 21.9 Å². The molecular weight excluding hydrogens is 590 g/mol. The Labute approximate surface area is 256 Å². The summed E-state index contributed by atoms with van der Waals surface area (Å²) in [5, 5.41) is 7.95. The van der Waals surface area contributed by atoms with Gasteiger partial charge in [-0.3, -0.25) is 14.5 Å². The molecule has 1 N–H and O–H groups in total. The first-order valence-corrected chi connectivity index (χ1v) is 14.9. The van der Waals surface area contributed by atoms with Gasteiger partial charge in [0.25, 0.3) is 0 Å². The number of amides is 2. The Morgan fingerprint density at radius 3 is 2.26 bits per heavy atom. The fraction of sp³-hybridized carbons (Fsp3) is 0.121. The molecule has 1 unspecified atom stereocenters. The highest BCUT2D eigenvalue weighted by molar-refractivity contribution is 8.00. The van der Waals surface area contributed by atoms with Crippen LogP contribution in [0, 0.1) is 11.6 Å². The van der Waals surface area contributed by atoms with E-state index in [-0.39, 0.29) is 30.6 Å². The number of rotatable bonds is 7. The zero-order valence-corrected chi connectivity index (χ0v) is 24.3. The van der Waals surface area contributed by atoms with E-state index < -0.39 is 17.0 Å². The lowest BCUT2D eigenvalue weighted by Gasteiger charge is -2.23. The lowest BCUT2D eigenvalue weighted by atomic mass is 9.99. The van der Waals surface area contributed by atoms with Gasteiger partial charge in [-0.05, 0) is 53.6 Å². The predicted molar refractivity (Wildman–Crippen MR) is 165 cm³/mol. The number of carbonyl (C=O) groups excluding carboxylic acids is 2. The molecule has 1 aliphatic rings. The van der Waals surface area contributed by atoms with Crippen molar-refractivity contribution < 1.29 is 18.4 Å². The van der Waals surface area contributed by atoms with E-state index in [1.54, 1.807) is 35.0 Å². The van der Waals surface area contributed by atoms with Gasteiger partial charge in [-0.25, -0.2) is 13.5 Å². The highest BCUT2D eigenvalue weighted by atomic mass is 35.5. The Hall–Kier alpha value is -4.47. The molecule has 43 heavy (non-hydrogen) atoms. The van der Waals surface area contributed by atoms with Gasteiger partial charge in [-0.15, -0.1) is 11.8 Å². The van der Waals surface area contributed by atoms with E-state index in [2.05, 4.69) is 5.32 Å². The van der Waals surface area contributed by atoms with Gasteiger partial charge in [0.15, 0.2) is 0 Å². The average molecular weight is 615 g/mol. The number of fused-ring (bicyclic) bond motifs is 1. The van der Waals surface area contributed by atoms with Crippen LogP contribution >= 0.6 is 23.4 Å². The zero-order chi connectivity index (χ0) is 29.9. The number of aromatic nitrogens is 2. The quantitative estimate of drug-likeness (QED) is 0.215. The van der Waals surface area contributed by atoms with Crippen molar-refractivity contribution in [2.24, 2.45) is 0 Å². The summed E-state index contributed by atoms with van der Waals surface area (Å²) in [6.07, 6.45) is 0. The monoisotopic (exact) mass is 614 g/mol. The third kappa shape index (κ3) is 6.04. The first kappa shape index (κ1) is 28.6. The molecule has 0 spiro atoms. The van der Waals surface area contributed by atoms with Crippen LogP contribution in [0.15, 0.2) is 103 Å². The molecule has 0 aliphatic carbocycles. The summed E-state index contributed by atoms with van der Waals surface area (Å²) in [5.74, 6) is -0.997. The van der Waals surface area contributed by atoms with Crippen molar-refractivity contribution in [3.05, 3.63) is 136 Å². The number of nitrogens with one attached hydrogen (secondary N) is 1. The zero-order valence-electron chi connectivity index (χ0n) is 22.7. The third-order valence-electron chi connectivity index (χ3n) is 7.10. The largest absolute Gasteiger partial charge is 0.350 e. The molecule has 4 aromatic carbocycles. The maximum Gasteiger partial charge on any atom is 0.240 e. The summed E-state index contributed by atoms with van der Waals surface area (Å²) in [5.41, 5.74) is 4.19. The number of anilines is 1. The smallest absolute Gasteiger partial charge is 0.240 e. The van der Waals surface area contributed by atoms with Gasteiger partial charge in [-0.2, -0.15) is 5.10 Å². The maximum atomic E-state index is 14.0. The minimum Gasteiger partial charge on any atom is -0.350 e.